The highest BCUT2D eigenvalue weighted by Gasteiger charge is 2.36. The minimum atomic E-state index is -0.597. The lowest BCUT2D eigenvalue weighted by Crippen LogP contribution is -2.37. The van der Waals surface area contributed by atoms with Crippen LogP contribution in [0.1, 0.15) is 17.4 Å². The smallest absolute Gasteiger partial charge is 0.331 e. The summed E-state index contributed by atoms with van der Waals surface area (Å²) in [6.45, 7) is 0. The van der Waals surface area contributed by atoms with Gasteiger partial charge in [0.05, 0.1) is 28.0 Å². The van der Waals surface area contributed by atoms with E-state index in [2.05, 4.69) is 0 Å². The number of ether oxygens (including phenoxy) is 1. The molecular weight excluding hydrogens is 471 g/mol. The van der Waals surface area contributed by atoms with E-state index in [0.29, 0.717) is 33.6 Å². The number of para-hydroxylation sites is 2. The first-order valence-corrected chi connectivity index (χ1v) is 11.9. The van der Waals surface area contributed by atoms with Crippen LogP contribution < -0.4 is 20.9 Å². The van der Waals surface area contributed by atoms with E-state index >= 15 is 0 Å². The number of nitrogens with zero attached hydrogens (tertiary/aromatic N) is 4. The van der Waals surface area contributed by atoms with Crippen LogP contribution in [0.3, 0.4) is 0 Å². The molecule has 0 spiro atoms. The summed E-state index contributed by atoms with van der Waals surface area (Å²) in [6, 6.07) is 21.6. The molecule has 0 saturated carbocycles. The second-order valence-electron chi connectivity index (χ2n) is 9.46. The van der Waals surface area contributed by atoms with E-state index in [1.165, 1.54) is 23.7 Å². The third-order valence-corrected chi connectivity index (χ3v) is 7.04. The van der Waals surface area contributed by atoms with Crippen LogP contribution in [-0.2, 0) is 14.1 Å². The van der Waals surface area contributed by atoms with Crippen molar-refractivity contribution in [1.29, 1.82) is 0 Å². The topological polar surface area (TPSA) is 61.4 Å². The van der Waals surface area contributed by atoms with Gasteiger partial charge < -0.3 is 14.2 Å². The van der Waals surface area contributed by atoms with E-state index in [-0.39, 0.29) is 5.82 Å². The number of halogens is 1. The minimum absolute atomic E-state index is 0.374. The van der Waals surface area contributed by atoms with Crippen molar-refractivity contribution in [3.8, 4) is 22.7 Å². The fourth-order valence-corrected chi connectivity index (χ4v) is 5.17. The molecule has 3 heterocycles. The van der Waals surface area contributed by atoms with E-state index in [4.69, 9.17) is 4.74 Å². The number of anilines is 1. The molecule has 1 aliphatic rings. The van der Waals surface area contributed by atoms with Gasteiger partial charge in [0, 0.05) is 33.9 Å². The lowest BCUT2D eigenvalue weighted by molar-refractivity contribution is 0.229. The lowest BCUT2D eigenvalue weighted by Gasteiger charge is -2.30. The molecule has 37 heavy (non-hydrogen) atoms. The van der Waals surface area contributed by atoms with Gasteiger partial charge >= 0.3 is 5.69 Å². The van der Waals surface area contributed by atoms with E-state index in [9.17, 15) is 14.0 Å². The maximum absolute atomic E-state index is 13.9. The predicted octanol–water partition coefficient (Wildman–Crippen LogP) is 4.38. The Balaban J connectivity index is 1.79. The summed E-state index contributed by atoms with van der Waals surface area (Å²) in [5.74, 6) is 0.267. The van der Waals surface area contributed by atoms with Crippen molar-refractivity contribution in [1.82, 2.24) is 13.7 Å². The first-order valence-electron chi connectivity index (χ1n) is 11.9. The SMILES string of the molecule is CN(C)c1ccc([C@H]2Oc3ccccc3-n3c(-c4ccc(F)cc4)c4c(=O)n(C)c(=O)n(C)c4c32)cc1. The Morgan fingerprint density at radius 1 is 0.865 bits per heavy atom. The monoisotopic (exact) mass is 496 g/mol. The van der Waals surface area contributed by atoms with Crippen molar-refractivity contribution in [3.05, 3.63) is 111 Å². The molecule has 7 nitrogen and oxygen atoms in total. The molecule has 8 heteroatoms. The van der Waals surface area contributed by atoms with Crippen molar-refractivity contribution in [3.63, 3.8) is 0 Å². The van der Waals surface area contributed by atoms with Crippen LogP contribution in [0.5, 0.6) is 5.75 Å². The second kappa shape index (κ2) is 8.23. The number of fused-ring (bicyclic) bond motifs is 5. The molecule has 0 radical (unpaired) electrons. The minimum Gasteiger partial charge on any atom is -0.477 e. The predicted molar refractivity (Wildman–Crippen MR) is 142 cm³/mol. The second-order valence-corrected chi connectivity index (χ2v) is 9.46. The Labute approximate surface area is 212 Å². The Morgan fingerprint density at radius 3 is 2.22 bits per heavy atom. The molecule has 5 aromatic rings. The zero-order chi connectivity index (χ0) is 26.0. The molecule has 3 aromatic carbocycles. The standard InChI is InChI=1S/C29H25FN4O3/c1-31(2)20-15-11-18(12-16-20)27-26-25-23(28(35)33(4)29(36)32(25)3)24(17-9-13-19(30)14-10-17)34(26)21-7-5-6-8-22(21)37-27/h5-16,27H,1-4H3/t27-/m1/s1. The quantitative estimate of drug-likeness (QED) is 0.372. The fourth-order valence-electron chi connectivity index (χ4n) is 5.17. The van der Waals surface area contributed by atoms with Crippen molar-refractivity contribution in [2.75, 3.05) is 19.0 Å². The molecule has 0 fully saturated rings. The maximum Gasteiger partial charge on any atom is 0.331 e. The van der Waals surface area contributed by atoms with Gasteiger partial charge in [-0.2, -0.15) is 0 Å². The van der Waals surface area contributed by atoms with Crippen LogP contribution in [0, 0.1) is 5.82 Å². The lowest BCUT2D eigenvalue weighted by atomic mass is 10.0. The average Bonchev–Trinajstić information content (AvgIpc) is 3.27. The van der Waals surface area contributed by atoms with Crippen LogP contribution in [0.4, 0.5) is 10.1 Å². The van der Waals surface area contributed by atoms with Gasteiger partial charge in [-0.25, -0.2) is 9.18 Å². The Kier molecular flexibility index (Phi) is 5.08. The number of rotatable bonds is 3. The summed E-state index contributed by atoms with van der Waals surface area (Å²) in [5, 5.41) is 0.376. The molecule has 0 saturated heterocycles. The molecule has 0 aliphatic carbocycles. The number of aryl methyl sites for hydroxylation is 1. The Hall–Kier alpha value is -4.59. The van der Waals surface area contributed by atoms with Gasteiger partial charge in [0.15, 0.2) is 6.10 Å². The highest BCUT2D eigenvalue weighted by atomic mass is 19.1. The van der Waals surface area contributed by atoms with Crippen molar-refractivity contribution in [2.45, 2.75) is 6.10 Å². The van der Waals surface area contributed by atoms with Crippen LogP contribution >= 0.6 is 0 Å². The number of aromatic nitrogens is 3. The zero-order valence-electron chi connectivity index (χ0n) is 20.9. The molecular formula is C29H25FN4O3. The van der Waals surface area contributed by atoms with Crippen molar-refractivity contribution < 1.29 is 9.13 Å². The largest absolute Gasteiger partial charge is 0.477 e. The third kappa shape index (κ3) is 3.32. The first-order chi connectivity index (χ1) is 17.8. The summed E-state index contributed by atoms with van der Waals surface area (Å²) in [5.41, 5.74) is 4.21. The molecule has 0 bridgehead atoms. The van der Waals surface area contributed by atoms with Crippen LogP contribution in [0.15, 0.2) is 82.4 Å². The summed E-state index contributed by atoms with van der Waals surface area (Å²) in [7, 11) is 7.08. The molecule has 2 aromatic heterocycles. The summed E-state index contributed by atoms with van der Waals surface area (Å²) in [6.07, 6.45) is -0.597. The molecule has 6 rings (SSSR count). The van der Waals surface area contributed by atoms with Crippen LogP contribution in [0.2, 0.25) is 0 Å². The molecule has 1 atom stereocenters. The van der Waals surface area contributed by atoms with E-state index in [1.54, 1.807) is 19.2 Å². The van der Waals surface area contributed by atoms with Gasteiger partial charge in [0.2, 0.25) is 0 Å². The maximum atomic E-state index is 13.9. The molecule has 0 unspecified atom stereocenters. The van der Waals surface area contributed by atoms with E-state index in [0.717, 1.165) is 21.5 Å². The van der Waals surface area contributed by atoms with Gasteiger partial charge in [-0.15, -0.1) is 0 Å². The number of hydrogen-bond donors (Lipinski definition) is 0. The highest BCUT2D eigenvalue weighted by Crippen LogP contribution is 2.46. The van der Waals surface area contributed by atoms with Gasteiger partial charge in [-0.1, -0.05) is 24.3 Å². The van der Waals surface area contributed by atoms with Gasteiger partial charge in [0.25, 0.3) is 5.56 Å². The molecule has 186 valence electrons. The van der Waals surface area contributed by atoms with Gasteiger partial charge in [0.1, 0.15) is 11.6 Å². The van der Waals surface area contributed by atoms with Gasteiger partial charge in [-0.05, 0) is 59.7 Å². The van der Waals surface area contributed by atoms with Crippen molar-refractivity contribution >= 4 is 16.6 Å². The molecule has 1 aliphatic heterocycles. The summed E-state index contributed by atoms with van der Waals surface area (Å²) >= 11 is 0. The zero-order valence-corrected chi connectivity index (χ0v) is 20.9. The average molecular weight is 497 g/mol. The summed E-state index contributed by atoms with van der Waals surface area (Å²) < 4.78 is 25.1. The summed E-state index contributed by atoms with van der Waals surface area (Å²) in [4.78, 5) is 28.8. The van der Waals surface area contributed by atoms with Gasteiger partial charge in [-0.3, -0.25) is 13.9 Å². The third-order valence-electron chi connectivity index (χ3n) is 7.04. The Morgan fingerprint density at radius 2 is 1.54 bits per heavy atom. The first kappa shape index (κ1) is 22.8. The fraction of sp³-hybridized carbons (Fsp3) is 0.172. The molecule has 0 N–H and O–H groups in total. The normalized spacial score (nSPS) is 14.2. The van der Waals surface area contributed by atoms with E-state index < -0.39 is 17.4 Å². The van der Waals surface area contributed by atoms with E-state index in [1.807, 2.05) is 72.1 Å². The number of benzene rings is 3. The number of hydrogen-bond acceptors (Lipinski definition) is 4. The van der Waals surface area contributed by atoms with Crippen LogP contribution in [0.25, 0.3) is 27.8 Å². The Bertz CT molecular complexity index is 1800. The van der Waals surface area contributed by atoms with Crippen molar-refractivity contribution in [2.24, 2.45) is 14.1 Å². The highest BCUT2D eigenvalue weighted by molar-refractivity contribution is 5.98. The molecule has 0 amide bonds. The van der Waals surface area contributed by atoms with Crippen LogP contribution in [-0.4, -0.2) is 27.8 Å².